The zero-order valence-corrected chi connectivity index (χ0v) is 15.5. The first-order valence-corrected chi connectivity index (χ1v) is 8.92. The average Bonchev–Trinajstić information content (AvgIpc) is 2.99. The number of aromatic nitrogens is 1. The first kappa shape index (κ1) is 18.5. The number of hydrogen-bond donors (Lipinski definition) is 3. The molecular formula is C19H17FN4O2S. The van der Waals surface area contributed by atoms with Gasteiger partial charge in [-0.25, -0.2) is 14.2 Å². The van der Waals surface area contributed by atoms with Crippen LogP contribution >= 0.6 is 11.3 Å². The fourth-order valence-electron chi connectivity index (χ4n) is 2.35. The fourth-order valence-corrected chi connectivity index (χ4v) is 3.20. The maximum absolute atomic E-state index is 12.9. The highest BCUT2D eigenvalue weighted by atomic mass is 32.1. The standard InChI is InChI=1S/C19H17FN4O2S/c1-11-5-3-4-6-15(11)23-17(25)16-12(2)21-19(27-16)24-18(26)22-14-9-7-13(20)8-10-14/h3-10H,1-2H3,(H,23,25)(H2,21,22,24,26). The Labute approximate surface area is 159 Å². The van der Waals surface area contributed by atoms with E-state index in [1.807, 2.05) is 31.2 Å². The number of amides is 3. The van der Waals surface area contributed by atoms with E-state index >= 15 is 0 Å². The lowest BCUT2D eigenvalue weighted by atomic mass is 10.2. The summed E-state index contributed by atoms with van der Waals surface area (Å²) in [6.07, 6.45) is 0. The topological polar surface area (TPSA) is 83.1 Å². The normalized spacial score (nSPS) is 10.3. The Morgan fingerprint density at radius 3 is 2.37 bits per heavy atom. The van der Waals surface area contributed by atoms with E-state index in [2.05, 4.69) is 20.9 Å². The molecule has 0 saturated heterocycles. The van der Waals surface area contributed by atoms with E-state index in [-0.39, 0.29) is 11.7 Å². The highest BCUT2D eigenvalue weighted by Gasteiger charge is 2.17. The third-order valence-electron chi connectivity index (χ3n) is 3.72. The van der Waals surface area contributed by atoms with Crippen LogP contribution in [0.15, 0.2) is 48.5 Å². The van der Waals surface area contributed by atoms with Crippen LogP contribution in [0.5, 0.6) is 0 Å². The molecule has 0 aliphatic heterocycles. The maximum Gasteiger partial charge on any atom is 0.325 e. The highest BCUT2D eigenvalue weighted by molar-refractivity contribution is 7.17. The lowest BCUT2D eigenvalue weighted by molar-refractivity contribution is 0.102. The summed E-state index contributed by atoms with van der Waals surface area (Å²) >= 11 is 1.08. The number of urea groups is 1. The summed E-state index contributed by atoms with van der Waals surface area (Å²) in [5.74, 6) is -0.674. The predicted molar refractivity (Wildman–Crippen MR) is 105 cm³/mol. The van der Waals surface area contributed by atoms with Crippen molar-refractivity contribution in [3.05, 3.63) is 70.5 Å². The van der Waals surface area contributed by atoms with Crippen molar-refractivity contribution in [3.8, 4) is 0 Å². The van der Waals surface area contributed by atoms with E-state index in [0.717, 1.165) is 22.6 Å². The second-order valence-electron chi connectivity index (χ2n) is 5.79. The van der Waals surface area contributed by atoms with E-state index in [9.17, 15) is 14.0 Å². The summed E-state index contributed by atoms with van der Waals surface area (Å²) in [4.78, 5) is 29.2. The van der Waals surface area contributed by atoms with Crippen molar-refractivity contribution >= 4 is 39.8 Å². The Balaban J connectivity index is 1.66. The Bertz CT molecular complexity index is 986. The number of thiazole rings is 1. The summed E-state index contributed by atoms with van der Waals surface area (Å²) in [7, 11) is 0. The molecule has 3 rings (SSSR count). The molecule has 2 aromatic carbocycles. The molecule has 0 saturated carbocycles. The minimum Gasteiger partial charge on any atom is -0.321 e. The Kier molecular flexibility index (Phi) is 5.46. The third-order valence-corrected chi connectivity index (χ3v) is 4.79. The molecule has 138 valence electrons. The molecule has 0 fully saturated rings. The predicted octanol–water partition coefficient (Wildman–Crippen LogP) is 4.80. The second-order valence-corrected chi connectivity index (χ2v) is 6.79. The Hall–Kier alpha value is -3.26. The smallest absolute Gasteiger partial charge is 0.321 e. The lowest BCUT2D eigenvalue weighted by Crippen LogP contribution is -2.19. The van der Waals surface area contributed by atoms with Gasteiger partial charge in [0.05, 0.1) is 5.69 Å². The quantitative estimate of drug-likeness (QED) is 0.604. The van der Waals surface area contributed by atoms with Gasteiger partial charge >= 0.3 is 6.03 Å². The van der Waals surface area contributed by atoms with Crippen molar-refractivity contribution < 1.29 is 14.0 Å². The Morgan fingerprint density at radius 2 is 1.67 bits per heavy atom. The van der Waals surface area contributed by atoms with Gasteiger partial charge in [0, 0.05) is 11.4 Å². The van der Waals surface area contributed by atoms with Crippen LogP contribution in [0.3, 0.4) is 0 Å². The molecule has 6 nitrogen and oxygen atoms in total. The summed E-state index contributed by atoms with van der Waals surface area (Å²) in [6, 6.07) is 12.3. The number of nitrogens with zero attached hydrogens (tertiary/aromatic N) is 1. The molecule has 0 aliphatic carbocycles. The molecule has 0 atom stereocenters. The van der Waals surface area contributed by atoms with Crippen molar-refractivity contribution in [3.63, 3.8) is 0 Å². The SMILES string of the molecule is Cc1ccccc1NC(=O)c1sc(NC(=O)Nc2ccc(F)cc2)nc1C. The largest absolute Gasteiger partial charge is 0.325 e. The van der Waals surface area contributed by atoms with E-state index in [1.165, 1.54) is 24.3 Å². The molecule has 0 bridgehead atoms. The van der Waals surface area contributed by atoms with Crippen LogP contribution in [0.25, 0.3) is 0 Å². The van der Waals surface area contributed by atoms with Gasteiger partial charge in [-0.15, -0.1) is 0 Å². The van der Waals surface area contributed by atoms with Crippen molar-refractivity contribution in [2.75, 3.05) is 16.0 Å². The maximum atomic E-state index is 12.9. The molecule has 27 heavy (non-hydrogen) atoms. The van der Waals surface area contributed by atoms with Gasteiger partial charge in [0.15, 0.2) is 5.13 Å². The number of carbonyl (C=O) groups is 2. The zero-order valence-electron chi connectivity index (χ0n) is 14.7. The van der Waals surface area contributed by atoms with Gasteiger partial charge < -0.3 is 10.6 Å². The summed E-state index contributed by atoms with van der Waals surface area (Å²) < 4.78 is 12.9. The molecule has 1 aromatic heterocycles. The minimum absolute atomic E-state index is 0.286. The van der Waals surface area contributed by atoms with Gasteiger partial charge in [0.2, 0.25) is 0 Å². The van der Waals surface area contributed by atoms with E-state index in [1.54, 1.807) is 6.92 Å². The Morgan fingerprint density at radius 1 is 0.963 bits per heavy atom. The van der Waals surface area contributed by atoms with Gasteiger partial charge in [-0.3, -0.25) is 10.1 Å². The molecular weight excluding hydrogens is 367 g/mol. The monoisotopic (exact) mass is 384 g/mol. The lowest BCUT2D eigenvalue weighted by Gasteiger charge is -2.06. The van der Waals surface area contributed by atoms with Crippen molar-refractivity contribution in [1.82, 2.24) is 4.98 Å². The van der Waals surface area contributed by atoms with Gasteiger partial charge in [0.25, 0.3) is 5.91 Å². The molecule has 1 heterocycles. The molecule has 0 unspecified atom stereocenters. The fraction of sp³-hybridized carbons (Fsp3) is 0.105. The number of benzene rings is 2. The van der Waals surface area contributed by atoms with Crippen LogP contribution in [0, 0.1) is 19.7 Å². The molecule has 8 heteroatoms. The van der Waals surface area contributed by atoms with Crippen LogP contribution in [0.1, 0.15) is 20.9 Å². The van der Waals surface area contributed by atoms with Crippen LogP contribution in [-0.4, -0.2) is 16.9 Å². The van der Waals surface area contributed by atoms with Crippen molar-refractivity contribution in [2.45, 2.75) is 13.8 Å². The van der Waals surface area contributed by atoms with E-state index in [4.69, 9.17) is 0 Å². The number of halogens is 1. The number of anilines is 3. The molecule has 0 radical (unpaired) electrons. The number of hydrogen-bond acceptors (Lipinski definition) is 4. The van der Waals surface area contributed by atoms with Gasteiger partial charge in [-0.1, -0.05) is 29.5 Å². The third kappa shape index (κ3) is 4.68. The van der Waals surface area contributed by atoms with Crippen LogP contribution in [-0.2, 0) is 0 Å². The molecule has 3 aromatic rings. The van der Waals surface area contributed by atoms with Gasteiger partial charge in [0.1, 0.15) is 10.7 Å². The number of rotatable bonds is 4. The first-order chi connectivity index (χ1) is 12.9. The number of aryl methyl sites for hydroxylation is 2. The molecule has 3 N–H and O–H groups in total. The molecule has 3 amide bonds. The minimum atomic E-state index is -0.527. The first-order valence-electron chi connectivity index (χ1n) is 8.10. The van der Waals surface area contributed by atoms with Gasteiger partial charge in [-0.2, -0.15) is 0 Å². The summed E-state index contributed by atoms with van der Waals surface area (Å²) in [6.45, 7) is 3.61. The number of nitrogens with one attached hydrogen (secondary N) is 3. The molecule has 0 spiro atoms. The van der Waals surface area contributed by atoms with Crippen LogP contribution in [0.2, 0.25) is 0 Å². The van der Waals surface area contributed by atoms with Gasteiger partial charge in [-0.05, 0) is 49.7 Å². The number of para-hydroxylation sites is 1. The van der Waals surface area contributed by atoms with Crippen molar-refractivity contribution in [1.29, 1.82) is 0 Å². The molecule has 0 aliphatic rings. The van der Waals surface area contributed by atoms with Crippen LogP contribution in [0.4, 0.5) is 25.7 Å². The second kappa shape index (κ2) is 7.96. The van der Waals surface area contributed by atoms with Crippen LogP contribution < -0.4 is 16.0 Å². The van der Waals surface area contributed by atoms with Crippen molar-refractivity contribution in [2.24, 2.45) is 0 Å². The van der Waals surface area contributed by atoms with E-state index in [0.29, 0.717) is 21.4 Å². The van der Waals surface area contributed by atoms with E-state index < -0.39 is 6.03 Å². The zero-order chi connectivity index (χ0) is 19.4. The number of carbonyl (C=O) groups excluding carboxylic acids is 2. The summed E-state index contributed by atoms with van der Waals surface area (Å²) in [5, 5.41) is 8.29. The average molecular weight is 384 g/mol. The highest BCUT2D eigenvalue weighted by Crippen LogP contribution is 2.24. The summed E-state index contributed by atoms with van der Waals surface area (Å²) in [5.41, 5.74) is 2.63.